The van der Waals surface area contributed by atoms with Gasteiger partial charge < -0.3 is 14.1 Å². The van der Waals surface area contributed by atoms with Crippen molar-refractivity contribution in [3.05, 3.63) is 18.4 Å². The lowest BCUT2D eigenvalue weighted by Gasteiger charge is -2.26. The highest BCUT2D eigenvalue weighted by Crippen LogP contribution is 2.12. The van der Waals surface area contributed by atoms with Gasteiger partial charge in [0.1, 0.15) is 6.54 Å². The standard InChI is InChI=1S/C11H13N5O3/c17-10(15-3-6-18-7-4-15)8-16-13-11(12-14-16)9-2-1-5-19-9/h1-2,5H,3-4,6-8H2. The molecule has 0 saturated carbocycles. The van der Waals surface area contributed by atoms with Gasteiger partial charge in [-0.3, -0.25) is 4.79 Å². The van der Waals surface area contributed by atoms with Crippen LogP contribution < -0.4 is 0 Å². The first kappa shape index (κ1) is 11.8. The lowest BCUT2D eigenvalue weighted by Crippen LogP contribution is -2.42. The molecule has 0 N–H and O–H groups in total. The Kier molecular flexibility index (Phi) is 3.23. The normalized spacial score (nSPS) is 15.7. The van der Waals surface area contributed by atoms with Crippen molar-refractivity contribution < 1.29 is 13.9 Å². The van der Waals surface area contributed by atoms with Gasteiger partial charge in [-0.1, -0.05) is 0 Å². The Morgan fingerprint density at radius 1 is 1.37 bits per heavy atom. The van der Waals surface area contributed by atoms with Crippen LogP contribution in [0.25, 0.3) is 11.6 Å². The summed E-state index contributed by atoms with van der Waals surface area (Å²) < 4.78 is 10.4. The Morgan fingerprint density at radius 3 is 2.95 bits per heavy atom. The van der Waals surface area contributed by atoms with E-state index < -0.39 is 0 Å². The molecule has 0 spiro atoms. The lowest BCUT2D eigenvalue weighted by atomic mass is 10.4. The maximum atomic E-state index is 12.0. The van der Waals surface area contributed by atoms with Gasteiger partial charge in [0.25, 0.3) is 0 Å². The van der Waals surface area contributed by atoms with E-state index in [1.54, 1.807) is 17.0 Å². The van der Waals surface area contributed by atoms with Gasteiger partial charge in [-0.05, 0) is 17.3 Å². The summed E-state index contributed by atoms with van der Waals surface area (Å²) in [6.07, 6.45) is 1.54. The quantitative estimate of drug-likeness (QED) is 0.761. The monoisotopic (exact) mass is 263 g/mol. The van der Waals surface area contributed by atoms with E-state index in [2.05, 4.69) is 15.4 Å². The van der Waals surface area contributed by atoms with Crippen LogP contribution in [0.3, 0.4) is 0 Å². The zero-order chi connectivity index (χ0) is 13.1. The van der Waals surface area contributed by atoms with Crippen molar-refractivity contribution in [1.82, 2.24) is 25.1 Å². The van der Waals surface area contributed by atoms with Crippen molar-refractivity contribution in [2.75, 3.05) is 26.3 Å². The zero-order valence-electron chi connectivity index (χ0n) is 10.2. The molecule has 8 heteroatoms. The van der Waals surface area contributed by atoms with Crippen LogP contribution in [0, 0.1) is 0 Å². The SMILES string of the molecule is O=C(Cn1nnc(-c2ccco2)n1)N1CCOCC1. The fraction of sp³-hybridized carbons (Fsp3) is 0.455. The number of amides is 1. The topological polar surface area (TPSA) is 86.3 Å². The Hall–Kier alpha value is -2.22. The van der Waals surface area contributed by atoms with Crippen molar-refractivity contribution in [2.24, 2.45) is 0 Å². The second-order valence-electron chi connectivity index (χ2n) is 4.11. The molecule has 0 radical (unpaired) electrons. The van der Waals surface area contributed by atoms with Gasteiger partial charge in [0.15, 0.2) is 5.76 Å². The second kappa shape index (κ2) is 5.19. The Labute approximate surface area is 108 Å². The van der Waals surface area contributed by atoms with Crippen molar-refractivity contribution in [2.45, 2.75) is 6.54 Å². The minimum atomic E-state index is -0.0355. The van der Waals surface area contributed by atoms with E-state index in [9.17, 15) is 4.79 Å². The molecule has 100 valence electrons. The first-order chi connectivity index (χ1) is 9.33. The van der Waals surface area contributed by atoms with Crippen LogP contribution >= 0.6 is 0 Å². The summed E-state index contributed by atoms with van der Waals surface area (Å²) in [6.45, 7) is 2.45. The van der Waals surface area contributed by atoms with Crippen LogP contribution in [0.15, 0.2) is 22.8 Å². The average Bonchev–Trinajstić information content (AvgIpc) is 3.10. The van der Waals surface area contributed by atoms with Gasteiger partial charge in [0.05, 0.1) is 19.5 Å². The minimum Gasteiger partial charge on any atom is -0.461 e. The Bertz CT molecular complexity index is 544. The molecule has 1 aliphatic rings. The lowest BCUT2D eigenvalue weighted by molar-refractivity contribution is -0.136. The number of ether oxygens (including phenoxy) is 1. The van der Waals surface area contributed by atoms with Crippen molar-refractivity contribution in [3.63, 3.8) is 0 Å². The first-order valence-electron chi connectivity index (χ1n) is 6.00. The maximum absolute atomic E-state index is 12.0. The van der Waals surface area contributed by atoms with E-state index in [0.29, 0.717) is 37.9 Å². The molecule has 2 aromatic heterocycles. The summed E-state index contributed by atoms with van der Waals surface area (Å²) >= 11 is 0. The second-order valence-corrected chi connectivity index (χ2v) is 4.11. The predicted octanol–water partition coefficient (Wildman–Crippen LogP) is -0.208. The molecule has 0 aromatic carbocycles. The van der Waals surface area contributed by atoms with Gasteiger partial charge in [-0.2, -0.15) is 4.80 Å². The minimum absolute atomic E-state index is 0.0355. The predicted molar refractivity (Wildman–Crippen MR) is 62.9 cm³/mol. The molecule has 2 aromatic rings. The molecule has 0 aliphatic carbocycles. The number of rotatable bonds is 3. The maximum Gasteiger partial charge on any atom is 0.246 e. The van der Waals surface area contributed by atoms with E-state index >= 15 is 0 Å². The zero-order valence-corrected chi connectivity index (χ0v) is 10.2. The number of hydrogen-bond acceptors (Lipinski definition) is 6. The van der Waals surface area contributed by atoms with Crippen LogP contribution in [0.4, 0.5) is 0 Å². The van der Waals surface area contributed by atoms with Crippen LogP contribution in [-0.4, -0.2) is 57.3 Å². The van der Waals surface area contributed by atoms with Crippen molar-refractivity contribution >= 4 is 5.91 Å². The third kappa shape index (κ3) is 2.63. The number of tetrazole rings is 1. The van der Waals surface area contributed by atoms with Gasteiger partial charge >= 0.3 is 0 Å². The van der Waals surface area contributed by atoms with Gasteiger partial charge in [0, 0.05) is 13.1 Å². The molecular weight excluding hydrogens is 250 g/mol. The van der Waals surface area contributed by atoms with E-state index in [1.807, 2.05) is 0 Å². The number of carbonyl (C=O) groups is 1. The van der Waals surface area contributed by atoms with Gasteiger partial charge in [-0.15, -0.1) is 10.2 Å². The number of carbonyl (C=O) groups excluding carboxylic acids is 1. The summed E-state index contributed by atoms with van der Waals surface area (Å²) in [7, 11) is 0. The van der Waals surface area contributed by atoms with Crippen molar-refractivity contribution in [3.8, 4) is 11.6 Å². The molecule has 19 heavy (non-hydrogen) atoms. The van der Waals surface area contributed by atoms with Crippen LogP contribution in [-0.2, 0) is 16.1 Å². The number of nitrogens with zero attached hydrogens (tertiary/aromatic N) is 5. The number of hydrogen-bond donors (Lipinski definition) is 0. The van der Waals surface area contributed by atoms with E-state index in [0.717, 1.165) is 0 Å². The molecule has 1 amide bonds. The average molecular weight is 263 g/mol. The highest BCUT2D eigenvalue weighted by atomic mass is 16.5. The fourth-order valence-corrected chi connectivity index (χ4v) is 1.85. The fourth-order valence-electron chi connectivity index (χ4n) is 1.85. The highest BCUT2D eigenvalue weighted by Gasteiger charge is 2.18. The number of furan rings is 1. The van der Waals surface area contributed by atoms with Crippen LogP contribution in [0.1, 0.15) is 0 Å². The van der Waals surface area contributed by atoms with Gasteiger partial charge in [0.2, 0.25) is 11.7 Å². The van der Waals surface area contributed by atoms with Crippen molar-refractivity contribution in [1.29, 1.82) is 0 Å². The Balaban J connectivity index is 1.65. The van der Waals surface area contributed by atoms with Crippen LogP contribution in [0.5, 0.6) is 0 Å². The number of morpholine rings is 1. The summed E-state index contributed by atoms with van der Waals surface area (Å²) in [5.74, 6) is 0.872. The summed E-state index contributed by atoms with van der Waals surface area (Å²) in [6, 6.07) is 3.49. The van der Waals surface area contributed by atoms with E-state index in [1.165, 1.54) is 11.1 Å². The summed E-state index contributed by atoms with van der Waals surface area (Å²) in [4.78, 5) is 15.0. The molecular formula is C11H13N5O3. The molecule has 0 atom stereocenters. The van der Waals surface area contributed by atoms with E-state index in [4.69, 9.17) is 9.15 Å². The highest BCUT2D eigenvalue weighted by molar-refractivity contribution is 5.75. The first-order valence-corrected chi connectivity index (χ1v) is 6.00. The summed E-state index contributed by atoms with van der Waals surface area (Å²) in [5, 5.41) is 11.8. The Morgan fingerprint density at radius 2 is 2.21 bits per heavy atom. The molecule has 3 heterocycles. The van der Waals surface area contributed by atoms with Crippen LogP contribution in [0.2, 0.25) is 0 Å². The molecule has 1 aliphatic heterocycles. The smallest absolute Gasteiger partial charge is 0.246 e. The third-order valence-electron chi connectivity index (χ3n) is 2.83. The molecule has 1 fully saturated rings. The number of aromatic nitrogens is 4. The molecule has 3 rings (SSSR count). The molecule has 0 bridgehead atoms. The third-order valence-corrected chi connectivity index (χ3v) is 2.83. The molecule has 0 unspecified atom stereocenters. The molecule has 8 nitrogen and oxygen atoms in total. The summed E-state index contributed by atoms with van der Waals surface area (Å²) in [5.41, 5.74) is 0. The van der Waals surface area contributed by atoms with Gasteiger partial charge in [-0.25, -0.2) is 0 Å². The largest absolute Gasteiger partial charge is 0.461 e. The van der Waals surface area contributed by atoms with E-state index in [-0.39, 0.29) is 12.5 Å². The molecule has 1 saturated heterocycles.